The van der Waals surface area contributed by atoms with Crippen LogP contribution >= 0.6 is 12.2 Å². The zero-order valence-electron chi connectivity index (χ0n) is 5.70. The highest BCUT2D eigenvalue weighted by molar-refractivity contribution is 7.90. The van der Waals surface area contributed by atoms with Crippen molar-refractivity contribution in [3.63, 3.8) is 0 Å². The lowest BCUT2D eigenvalue weighted by molar-refractivity contribution is 0.599. The average molecular weight is 179 g/mol. The fourth-order valence-corrected chi connectivity index (χ4v) is 1.20. The zero-order valence-corrected chi connectivity index (χ0v) is 7.33. The second kappa shape index (κ2) is 4.55. The Balaban J connectivity index is 3.48. The van der Waals surface area contributed by atoms with Gasteiger partial charge in [-0.2, -0.15) is 0 Å². The molecule has 0 aliphatic rings. The Morgan fingerprint density at radius 1 is 1.60 bits per heavy atom. The summed E-state index contributed by atoms with van der Waals surface area (Å²) in [6, 6.07) is 0. The topological polar surface area (TPSA) is 46.5 Å². The summed E-state index contributed by atoms with van der Waals surface area (Å²) in [7, 11) is -2.83. The molecule has 58 valence electrons. The van der Waals surface area contributed by atoms with Crippen LogP contribution in [0.3, 0.4) is 0 Å². The van der Waals surface area contributed by atoms with E-state index in [0.29, 0.717) is 13.0 Å². The van der Waals surface area contributed by atoms with E-state index in [4.69, 9.17) is 0 Å². The lowest BCUT2D eigenvalue weighted by Gasteiger charge is -1.91. The molecule has 0 fully saturated rings. The molecule has 0 heterocycles. The van der Waals surface area contributed by atoms with E-state index < -0.39 is 9.84 Å². The molecule has 0 aliphatic carbocycles. The summed E-state index contributed by atoms with van der Waals surface area (Å²) in [4.78, 5) is 3.58. The number of thiocarbonyl (C=S) groups is 1. The van der Waals surface area contributed by atoms with Gasteiger partial charge in [0.1, 0.15) is 9.84 Å². The van der Waals surface area contributed by atoms with Gasteiger partial charge in [-0.05, 0) is 18.6 Å². The molecule has 5 heteroatoms. The Bertz CT molecular complexity index is 226. The molecule has 0 aromatic rings. The van der Waals surface area contributed by atoms with E-state index in [-0.39, 0.29) is 5.75 Å². The Labute approximate surface area is 66.1 Å². The molecule has 0 rings (SSSR count). The van der Waals surface area contributed by atoms with Crippen LogP contribution in [0.25, 0.3) is 0 Å². The first-order valence-corrected chi connectivity index (χ1v) is 5.24. The molecule has 0 aromatic carbocycles. The largest absolute Gasteiger partial charge is 0.233 e. The molecule has 0 spiro atoms. The van der Waals surface area contributed by atoms with E-state index >= 15 is 0 Å². The van der Waals surface area contributed by atoms with Crippen molar-refractivity contribution in [3.05, 3.63) is 0 Å². The molecule has 0 amide bonds. The molecular formula is C5H9NO2S2. The normalized spacial score (nSPS) is 10.5. The van der Waals surface area contributed by atoms with Crippen LogP contribution in [0.5, 0.6) is 0 Å². The van der Waals surface area contributed by atoms with Crippen molar-refractivity contribution in [2.24, 2.45) is 4.99 Å². The van der Waals surface area contributed by atoms with Gasteiger partial charge < -0.3 is 0 Å². The fraction of sp³-hybridized carbons (Fsp3) is 0.800. The van der Waals surface area contributed by atoms with Gasteiger partial charge in [-0.1, -0.05) is 0 Å². The van der Waals surface area contributed by atoms with E-state index in [2.05, 4.69) is 22.4 Å². The highest BCUT2D eigenvalue weighted by Gasteiger charge is 1.98. The number of isothiocyanates is 1. The Morgan fingerprint density at radius 3 is 2.60 bits per heavy atom. The maximum atomic E-state index is 10.5. The molecule has 0 radical (unpaired) electrons. The SMILES string of the molecule is CS(=O)(=O)CCCN=C=S. The third-order valence-electron chi connectivity index (χ3n) is 0.850. The van der Waals surface area contributed by atoms with Crippen molar-refractivity contribution in [1.82, 2.24) is 0 Å². The van der Waals surface area contributed by atoms with Crippen molar-refractivity contribution in [2.45, 2.75) is 6.42 Å². The van der Waals surface area contributed by atoms with Gasteiger partial charge in [0.15, 0.2) is 0 Å². The second-order valence-electron chi connectivity index (χ2n) is 1.96. The minimum atomic E-state index is -2.83. The summed E-state index contributed by atoms with van der Waals surface area (Å²) in [6.07, 6.45) is 1.73. The number of sulfone groups is 1. The summed E-state index contributed by atoms with van der Waals surface area (Å²) in [5, 5.41) is 2.17. The lowest BCUT2D eigenvalue weighted by atomic mass is 10.5. The zero-order chi connectivity index (χ0) is 8.04. The predicted molar refractivity (Wildman–Crippen MR) is 44.2 cm³/mol. The monoisotopic (exact) mass is 179 g/mol. The number of hydrogen-bond acceptors (Lipinski definition) is 4. The van der Waals surface area contributed by atoms with Gasteiger partial charge in [-0.25, -0.2) is 13.4 Å². The van der Waals surface area contributed by atoms with Crippen LogP contribution in [0.1, 0.15) is 6.42 Å². The number of hydrogen-bond donors (Lipinski definition) is 0. The van der Waals surface area contributed by atoms with E-state index in [1.54, 1.807) is 0 Å². The van der Waals surface area contributed by atoms with E-state index in [9.17, 15) is 8.42 Å². The standard InChI is InChI=1S/C5H9NO2S2/c1-10(7,8)4-2-3-6-5-9/h2-4H2,1H3. The van der Waals surface area contributed by atoms with Crippen molar-refractivity contribution >= 4 is 27.2 Å². The summed E-state index contributed by atoms with van der Waals surface area (Å²) >= 11 is 4.29. The predicted octanol–water partition coefficient (Wildman–Crippen LogP) is 0.524. The van der Waals surface area contributed by atoms with Gasteiger partial charge >= 0.3 is 0 Å². The fourth-order valence-electron chi connectivity index (χ4n) is 0.451. The lowest BCUT2D eigenvalue weighted by Crippen LogP contribution is -2.03. The first kappa shape index (κ1) is 9.75. The summed E-state index contributed by atoms with van der Waals surface area (Å²) < 4.78 is 21.0. The quantitative estimate of drug-likeness (QED) is 0.359. The molecule has 0 saturated heterocycles. The molecule has 3 nitrogen and oxygen atoms in total. The maximum absolute atomic E-state index is 10.5. The smallest absolute Gasteiger partial charge is 0.147 e. The van der Waals surface area contributed by atoms with Gasteiger partial charge in [-0.15, -0.1) is 0 Å². The molecular weight excluding hydrogens is 170 g/mol. The minimum Gasteiger partial charge on any atom is -0.233 e. The minimum absolute atomic E-state index is 0.174. The second-order valence-corrected chi connectivity index (χ2v) is 4.40. The van der Waals surface area contributed by atoms with Crippen LogP contribution in [-0.4, -0.2) is 32.1 Å². The summed E-state index contributed by atoms with van der Waals surface area (Å²) in [5.41, 5.74) is 0. The maximum Gasteiger partial charge on any atom is 0.147 e. The van der Waals surface area contributed by atoms with Crippen LogP contribution in [0, 0.1) is 0 Å². The van der Waals surface area contributed by atoms with Crippen LogP contribution < -0.4 is 0 Å². The Kier molecular flexibility index (Phi) is 4.43. The Morgan fingerprint density at radius 2 is 2.20 bits per heavy atom. The molecule has 0 unspecified atom stereocenters. The van der Waals surface area contributed by atoms with Crippen LogP contribution in [0.2, 0.25) is 0 Å². The van der Waals surface area contributed by atoms with E-state index in [1.165, 1.54) is 6.26 Å². The molecule has 0 atom stereocenters. The van der Waals surface area contributed by atoms with Crippen molar-refractivity contribution in [2.75, 3.05) is 18.6 Å². The van der Waals surface area contributed by atoms with Crippen LogP contribution in [-0.2, 0) is 9.84 Å². The van der Waals surface area contributed by atoms with Gasteiger partial charge in [0.2, 0.25) is 0 Å². The van der Waals surface area contributed by atoms with Crippen LogP contribution in [0.15, 0.2) is 4.99 Å². The number of nitrogens with zero attached hydrogens (tertiary/aromatic N) is 1. The first-order valence-electron chi connectivity index (χ1n) is 2.77. The number of aliphatic imine (C=N–C) groups is 1. The highest BCUT2D eigenvalue weighted by Crippen LogP contribution is 1.88. The highest BCUT2D eigenvalue weighted by atomic mass is 32.2. The molecule has 0 bridgehead atoms. The molecule has 10 heavy (non-hydrogen) atoms. The van der Waals surface area contributed by atoms with Gasteiger partial charge in [0.05, 0.1) is 17.5 Å². The van der Waals surface area contributed by atoms with E-state index in [0.717, 1.165) is 0 Å². The number of rotatable bonds is 4. The average Bonchev–Trinajstić information content (AvgIpc) is 1.78. The molecule has 0 aromatic heterocycles. The van der Waals surface area contributed by atoms with Crippen LogP contribution in [0.4, 0.5) is 0 Å². The summed E-state index contributed by atoms with van der Waals surface area (Å²) in [5.74, 6) is 0.174. The molecule has 0 N–H and O–H groups in total. The molecule has 0 saturated carbocycles. The first-order chi connectivity index (χ1) is 4.56. The molecule has 0 aliphatic heterocycles. The van der Waals surface area contributed by atoms with Crippen molar-refractivity contribution in [3.8, 4) is 0 Å². The van der Waals surface area contributed by atoms with Gasteiger partial charge in [-0.3, -0.25) is 0 Å². The van der Waals surface area contributed by atoms with Crippen molar-refractivity contribution in [1.29, 1.82) is 0 Å². The summed E-state index contributed by atoms with van der Waals surface area (Å²) in [6.45, 7) is 0.455. The van der Waals surface area contributed by atoms with E-state index in [1.807, 2.05) is 0 Å². The van der Waals surface area contributed by atoms with Gasteiger partial charge in [0.25, 0.3) is 0 Å². The van der Waals surface area contributed by atoms with Gasteiger partial charge in [0, 0.05) is 6.26 Å². The third-order valence-corrected chi connectivity index (χ3v) is 2.01. The Hall–Kier alpha value is -0.250. The van der Waals surface area contributed by atoms with Crippen molar-refractivity contribution < 1.29 is 8.42 Å². The third kappa shape index (κ3) is 7.75.